The van der Waals surface area contributed by atoms with E-state index >= 15 is 0 Å². The van der Waals surface area contributed by atoms with Gasteiger partial charge in [0.1, 0.15) is 10.6 Å². The van der Waals surface area contributed by atoms with E-state index < -0.39 is 10.0 Å². The number of carbonyl (C=O) groups is 2. The minimum absolute atomic E-state index is 0.0138. The molecule has 0 saturated carbocycles. The Bertz CT molecular complexity index is 1840. The van der Waals surface area contributed by atoms with E-state index in [0.29, 0.717) is 41.2 Å². The molecule has 1 heterocycles. The Kier molecular flexibility index (Phi) is 10.7. The average Bonchev–Trinajstić information content (AvgIpc) is 3.09. The van der Waals surface area contributed by atoms with Gasteiger partial charge in [-0.15, -0.1) is 0 Å². The van der Waals surface area contributed by atoms with Crippen LogP contribution in [0.15, 0.2) is 95.9 Å². The molecule has 3 N–H and O–H groups in total. The molecule has 47 heavy (non-hydrogen) atoms. The molecule has 5 rings (SSSR count). The average molecular weight is 656 g/mol. The first kappa shape index (κ1) is 33.3. The van der Waals surface area contributed by atoms with Crippen LogP contribution in [-0.4, -0.2) is 72.5 Å². The summed E-state index contributed by atoms with van der Waals surface area (Å²) in [5, 5.41) is 6.15. The minimum Gasteiger partial charge on any atom is -0.495 e. The molecule has 2 amide bonds. The molecule has 0 unspecified atom stereocenters. The molecule has 4 aromatic rings. The number of likely N-dealkylation sites (tertiary alicyclic amines) is 1. The van der Waals surface area contributed by atoms with E-state index in [1.165, 1.54) is 7.11 Å². The standard InChI is InChI=1S/C36H41N5O5S/c1-40(2)32-16-6-5-15-31(32)35(42)38-20-19-37-29-13-10-14-30(25-29)39-47(44,45)34-24-27(17-18-33(34)46-3)26-11-9-12-28(23-26)36(43)41-21-7-4-8-22-41/h5-6,9-18,23-25,37,39H,4,7-8,19-22H2,1-3H3,(H,38,42). The molecule has 0 aromatic heterocycles. The number of carbonyl (C=O) groups excluding carboxylic acids is 2. The van der Waals surface area contributed by atoms with E-state index in [0.717, 1.165) is 43.6 Å². The third-order valence-corrected chi connectivity index (χ3v) is 9.43. The molecule has 10 nitrogen and oxygen atoms in total. The summed E-state index contributed by atoms with van der Waals surface area (Å²) in [7, 11) is 1.14. The van der Waals surface area contributed by atoms with Crippen LogP contribution in [0, 0.1) is 0 Å². The van der Waals surface area contributed by atoms with Crippen molar-refractivity contribution in [2.45, 2.75) is 24.2 Å². The first-order valence-corrected chi connectivity index (χ1v) is 17.1. The van der Waals surface area contributed by atoms with Crippen LogP contribution in [0.2, 0.25) is 0 Å². The van der Waals surface area contributed by atoms with Gasteiger partial charge in [-0.2, -0.15) is 0 Å². The first-order chi connectivity index (χ1) is 22.7. The van der Waals surface area contributed by atoms with Crippen molar-refractivity contribution in [1.82, 2.24) is 10.2 Å². The Labute approximate surface area is 276 Å². The summed E-state index contributed by atoms with van der Waals surface area (Å²) in [5.74, 6) is 0.0110. The largest absolute Gasteiger partial charge is 0.495 e. The lowest BCUT2D eigenvalue weighted by Crippen LogP contribution is -2.35. The van der Waals surface area contributed by atoms with Gasteiger partial charge in [-0.3, -0.25) is 14.3 Å². The number of hydrogen-bond acceptors (Lipinski definition) is 7. The van der Waals surface area contributed by atoms with Crippen LogP contribution in [-0.2, 0) is 10.0 Å². The number of rotatable bonds is 12. The first-order valence-electron chi connectivity index (χ1n) is 15.7. The van der Waals surface area contributed by atoms with Crippen molar-refractivity contribution in [3.8, 4) is 16.9 Å². The van der Waals surface area contributed by atoms with Crippen molar-refractivity contribution in [2.75, 3.05) is 62.3 Å². The molecule has 1 saturated heterocycles. The molecule has 1 aliphatic rings. The second-order valence-electron chi connectivity index (χ2n) is 11.6. The van der Waals surface area contributed by atoms with E-state index in [1.807, 2.05) is 60.3 Å². The quantitative estimate of drug-likeness (QED) is 0.168. The van der Waals surface area contributed by atoms with Gasteiger partial charge >= 0.3 is 0 Å². The lowest BCUT2D eigenvalue weighted by molar-refractivity contribution is 0.0724. The molecule has 0 spiro atoms. The van der Waals surface area contributed by atoms with E-state index in [-0.39, 0.29) is 22.5 Å². The van der Waals surface area contributed by atoms with Crippen molar-refractivity contribution < 1.29 is 22.7 Å². The number of nitrogens with zero attached hydrogens (tertiary/aromatic N) is 2. The third-order valence-electron chi connectivity index (χ3n) is 8.02. The van der Waals surface area contributed by atoms with Gasteiger partial charge in [0.25, 0.3) is 21.8 Å². The number of para-hydroxylation sites is 1. The molecule has 0 aliphatic carbocycles. The van der Waals surface area contributed by atoms with Crippen LogP contribution in [0.5, 0.6) is 5.75 Å². The van der Waals surface area contributed by atoms with Crippen LogP contribution in [0.25, 0.3) is 11.1 Å². The summed E-state index contributed by atoms with van der Waals surface area (Å²) in [4.78, 5) is 29.6. The number of anilines is 3. The fraction of sp³-hybridized carbons (Fsp3) is 0.278. The van der Waals surface area contributed by atoms with Gasteiger partial charge < -0.3 is 25.2 Å². The van der Waals surface area contributed by atoms with Crippen molar-refractivity contribution in [1.29, 1.82) is 0 Å². The van der Waals surface area contributed by atoms with Crippen molar-refractivity contribution in [3.63, 3.8) is 0 Å². The van der Waals surface area contributed by atoms with E-state index in [9.17, 15) is 18.0 Å². The fourth-order valence-electron chi connectivity index (χ4n) is 5.61. The molecule has 0 radical (unpaired) electrons. The van der Waals surface area contributed by atoms with Crippen LogP contribution in [0.4, 0.5) is 17.1 Å². The van der Waals surface area contributed by atoms with Gasteiger partial charge in [0.05, 0.1) is 18.4 Å². The zero-order valence-electron chi connectivity index (χ0n) is 27.0. The summed E-state index contributed by atoms with van der Waals surface area (Å²) in [6.07, 6.45) is 3.14. The van der Waals surface area contributed by atoms with Gasteiger partial charge in [0, 0.05) is 57.2 Å². The topological polar surface area (TPSA) is 120 Å². The zero-order valence-corrected chi connectivity index (χ0v) is 27.8. The number of ether oxygens (including phenoxy) is 1. The maximum Gasteiger partial charge on any atom is 0.265 e. The highest BCUT2D eigenvalue weighted by atomic mass is 32.2. The maximum atomic E-state index is 13.7. The second kappa shape index (κ2) is 15.0. The number of hydrogen-bond donors (Lipinski definition) is 3. The van der Waals surface area contributed by atoms with Crippen LogP contribution in [0.3, 0.4) is 0 Å². The third kappa shape index (κ3) is 8.23. The summed E-state index contributed by atoms with van der Waals surface area (Å²) in [6, 6.07) is 26.5. The fourth-order valence-corrected chi connectivity index (χ4v) is 6.86. The molecule has 246 valence electrons. The minimum atomic E-state index is -4.06. The summed E-state index contributed by atoms with van der Waals surface area (Å²) >= 11 is 0. The van der Waals surface area contributed by atoms with Gasteiger partial charge in [0.2, 0.25) is 0 Å². The van der Waals surface area contributed by atoms with E-state index in [1.54, 1.807) is 54.6 Å². The lowest BCUT2D eigenvalue weighted by atomic mass is 10.0. The van der Waals surface area contributed by atoms with Crippen molar-refractivity contribution in [2.24, 2.45) is 0 Å². The summed E-state index contributed by atoms with van der Waals surface area (Å²) in [6.45, 7) is 2.30. The predicted octanol–water partition coefficient (Wildman–Crippen LogP) is 5.70. The Hall–Kier alpha value is -5.03. The number of piperidine rings is 1. The Morgan fingerprint density at radius 3 is 2.30 bits per heavy atom. The van der Waals surface area contributed by atoms with Crippen molar-refractivity contribution in [3.05, 3.63) is 102 Å². The maximum absolute atomic E-state index is 13.7. The zero-order chi connectivity index (χ0) is 33.4. The number of sulfonamides is 1. The normalized spacial score (nSPS) is 13.0. The number of methoxy groups -OCH3 is 1. The molecule has 0 atom stereocenters. The second-order valence-corrected chi connectivity index (χ2v) is 13.2. The van der Waals surface area contributed by atoms with E-state index in [2.05, 4.69) is 15.4 Å². The van der Waals surface area contributed by atoms with Gasteiger partial charge in [-0.1, -0.05) is 36.4 Å². The lowest BCUT2D eigenvalue weighted by Gasteiger charge is -2.26. The molecule has 0 bridgehead atoms. The van der Waals surface area contributed by atoms with Gasteiger partial charge in [0.15, 0.2) is 0 Å². The van der Waals surface area contributed by atoms with Crippen LogP contribution in [0.1, 0.15) is 40.0 Å². The summed E-state index contributed by atoms with van der Waals surface area (Å²) in [5.41, 5.74) is 4.42. The highest BCUT2D eigenvalue weighted by Gasteiger charge is 2.22. The smallest absolute Gasteiger partial charge is 0.265 e. The molecular formula is C36H41N5O5S. The van der Waals surface area contributed by atoms with Crippen LogP contribution >= 0.6 is 0 Å². The monoisotopic (exact) mass is 655 g/mol. The number of nitrogens with one attached hydrogen (secondary N) is 3. The predicted molar refractivity (Wildman–Crippen MR) is 187 cm³/mol. The Morgan fingerprint density at radius 2 is 1.53 bits per heavy atom. The highest BCUT2D eigenvalue weighted by Crippen LogP contribution is 2.32. The van der Waals surface area contributed by atoms with Gasteiger partial charge in [-0.05, 0) is 85.0 Å². The molecule has 11 heteroatoms. The highest BCUT2D eigenvalue weighted by molar-refractivity contribution is 7.92. The molecule has 4 aromatic carbocycles. The number of benzene rings is 4. The Balaban J connectivity index is 1.26. The molecule has 1 fully saturated rings. The van der Waals surface area contributed by atoms with E-state index in [4.69, 9.17) is 4.74 Å². The summed E-state index contributed by atoms with van der Waals surface area (Å²) < 4.78 is 35.5. The molecule has 1 aliphatic heterocycles. The molecular weight excluding hydrogens is 614 g/mol. The Morgan fingerprint density at radius 1 is 0.809 bits per heavy atom. The van der Waals surface area contributed by atoms with Crippen LogP contribution < -0.4 is 25.0 Å². The number of amides is 2. The SMILES string of the molecule is COc1ccc(-c2cccc(C(=O)N3CCCCC3)c2)cc1S(=O)(=O)Nc1cccc(NCCNC(=O)c2ccccc2N(C)C)c1. The van der Waals surface area contributed by atoms with Crippen molar-refractivity contribution >= 4 is 38.9 Å². The van der Waals surface area contributed by atoms with Gasteiger partial charge in [-0.25, -0.2) is 8.42 Å².